The van der Waals surface area contributed by atoms with E-state index in [0.717, 1.165) is 70.6 Å². The van der Waals surface area contributed by atoms with E-state index in [2.05, 4.69) is 23.1 Å². The van der Waals surface area contributed by atoms with Crippen molar-refractivity contribution in [1.29, 1.82) is 0 Å². The molecule has 0 unspecified atom stereocenters. The van der Waals surface area contributed by atoms with Crippen molar-refractivity contribution in [2.24, 2.45) is 0 Å². The molecule has 0 fully saturated rings. The number of ether oxygens (including phenoxy) is 2. The van der Waals surface area contributed by atoms with E-state index >= 15 is 0 Å². The predicted octanol–water partition coefficient (Wildman–Crippen LogP) is 4.35. The highest BCUT2D eigenvalue weighted by Gasteiger charge is 2.26. The Balaban J connectivity index is 1.55. The van der Waals surface area contributed by atoms with Crippen LogP contribution in [0, 0.1) is 6.92 Å². The van der Waals surface area contributed by atoms with Crippen LogP contribution in [0.2, 0.25) is 0 Å². The molecular weight excluding hydrogens is 354 g/mol. The summed E-state index contributed by atoms with van der Waals surface area (Å²) in [5.74, 6) is 1.72. The molecule has 2 aliphatic rings. The number of rotatable bonds is 3. The minimum Gasteiger partial charge on any atom is -0.494 e. The SMILES string of the molecule is CCOc1ccc(N2COc3c(cc4c5c(c(=O)oc4c3C)CCC5)C2)cc1. The van der Waals surface area contributed by atoms with E-state index in [1.165, 1.54) is 0 Å². The van der Waals surface area contributed by atoms with Gasteiger partial charge in [-0.1, -0.05) is 0 Å². The summed E-state index contributed by atoms with van der Waals surface area (Å²) in [6.45, 7) is 5.84. The molecule has 3 aromatic rings. The summed E-state index contributed by atoms with van der Waals surface area (Å²) >= 11 is 0. The zero-order valence-corrected chi connectivity index (χ0v) is 16.2. The molecule has 0 saturated carbocycles. The van der Waals surface area contributed by atoms with Crippen molar-refractivity contribution in [3.63, 3.8) is 0 Å². The molecule has 1 aliphatic carbocycles. The molecule has 2 aromatic carbocycles. The smallest absolute Gasteiger partial charge is 0.339 e. The van der Waals surface area contributed by atoms with E-state index in [0.29, 0.717) is 18.9 Å². The van der Waals surface area contributed by atoms with Crippen LogP contribution in [0.1, 0.15) is 35.6 Å². The van der Waals surface area contributed by atoms with E-state index in [4.69, 9.17) is 13.9 Å². The third-order valence-electron chi connectivity index (χ3n) is 5.76. The van der Waals surface area contributed by atoms with E-state index in [9.17, 15) is 4.79 Å². The largest absolute Gasteiger partial charge is 0.494 e. The van der Waals surface area contributed by atoms with Gasteiger partial charge in [-0.05, 0) is 69.0 Å². The van der Waals surface area contributed by atoms with Gasteiger partial charge in [-0.2, -0.15) is 0 Å². The first-order valence-electron chi connectivity index (χ1n) is 9.87. The molecule has 0 radical (unpaired) electrons. The van der Waals surface area contributed by atoms with Crippen LogP contribution in [0.3, 0.4) is 0 Å². The van der Waals surface area contributed by atoms with E-state index in [1.807, 2.05) is 26.0 Å². The minimum absolute atomic E-state index is 0.185. The van der Waals surface area contributed by atoms with Gasteiger partial charge >= 0.3 is 5.63 Å². The normalized spacial score (nSPS) is 15.3. The molecular formula is C23H23NO4. The van der Waals surface area contributed by atoms with Gasteiger partial charge in [-0.15, -0.1) is 0 Å². The average Bonchev–Trinajstić information content (AvgIpc) is 3.21. The number of benzene rings is 2. The van der Waals surface area contributed by atoms with Crippen LogP contribution in [0.15, 0.2) is 39.5 Å². The van der Waals surface area contributed by atoms with Crippen molar-refractivity contribution < 1.29 is 13.9 Å². The fourth-order valence-corrected chi connectivity index (χ4v) is 4.43. The standard InChI is InChI=1S/C23H23NO4/c1-3-26-17-9-7-16(8-10-17)24-12-15-11-20-18-5-4-6-19(18)23(25)28-22(20)14(2)21(15)27-13-24/h7-11H,3-6,12-13H2,1-2H3. The number of fused-ring (bicyclic) bond motifs is 4. The first kappa shape index (κ1) is 17.2. The maximum absolute atomic E-state index is 12.3. The van der Waals surface area contributed by atoms with Gasteiger partial charge in [0.1, 0.15) is 17.1 Å². The van der Waals surface area contributed by atoms with Crippen LogP contribution in [0.25, 0.3) is 11.0 Å². The first-order valence-corrected chi connectivity index (χ1v) is 9.87. The maximum atomic E-state index is 12.3. The molecule has 1 aliphatic heterocycles. The minimum atomic E-state index is -0.185. The molecule has 0 N–H and O–H groups in total. The highest BCUT2D eigenvalue weighted by molar-refractivity contribution is 5.87. The zero-order chi connectivity index (χ0) is 19.3. The molecule has 0 spiro atoms. The second kappa shape index (κ2) is 6.59. The first-order chi connectivity index (χ1) is 13.7. The van der Waals surface area contributed by atoms with Crippen molar-refractivity contribution in [3.05, 3.63) is 63.0 Å². The van der Waals surface area contributed by atoms with Crippen LogP contribution in [-0.4, -0.2) is 13.3 Å². The van der Waals surface area contributed by atoms with Gasteiger partial charge in [-0.3, -0.25) is 0 Å². The molecule has 0 saturated heterocycles. The zero-order valence-electron chi connectivity index (χ0n) is 16.2. The van der Waals surface area contributed by atoms with Gasteiger partial charge in [0.25, 0.3) is 0 Å². The van der Waals surface area contributed by atoms with Crippen molar-refractivity contribution in [2.75, 3.05) is 18.2 Å². The second-order valence-corrected chi connectivity index (χ2v) is 7.46. The molecule has 0 bridgehead atoms. The van der Waals surface area contributed by atoms with Gasteiger partial charge in [0.05, 0.1) is 6.61 Å². The highest BCUT2D eigenvalue weighted by atomic mass is 16.5. The summed E-state index contributed by atoms with van der Waals surface area (Å²) < 4.78 is 17.3. The Morgan fingerprint density at radius 1 is 1.14 bits per heavy atom. The number of hydrogen-bond donors (Lipinski definition) is 0. The quantitative estimate of drug-likeness (QED) is 0.636. The molecule has 2 heterocycles. The lowest BCUT2D eigenvalue weighted by atomic mass is 9.99. The van der Waals surface area contributed by atoms with Crippen molar-refractivity contribution in [2.45, 2.75) is 39.7 Å². The summed E-state index contributed by atoms with van der Waals surface area (Å²) in [4.78, 5) is 14.5. The molecule has 5 nitrogen and oxygen atoms in total. The van der Waals surface area contributed by atoms with Crippen LogP contribution in [0.5, 0.6) is 11.5 Å². The summed E-state index contributed by atoms with van der Waals surface area (Å²) in [6.07, 6.45) is 2.78. The number of hydrogen-bond acceptors (Lipinski definition) is 5. The summed E-state index contributed by atoms with van der Waals surface area (Å²) in [6, 6.07) is 10.3. The Bertz CT molecular complexity index is 1110. The summed E-state index contributed by atoms with van der Waals surface area (Å²) in [5, 5.41) is 1.07. The van der Waals surface area contributed by atoms with Crippen molar-refractivity contribution >= 4 is 16.7 Å². The molecule has 5 rings (SSSR count). The van der Waals surface area contributed by atoms with E-state index < -0.39 is 0 Å². The van der Waals surface area contributed by atoms with Gasteiger partial charge in [-0.25, -0.2) is 4.79 Å². The predicted molar refractivity (Wildman–Crippen MR) is 109 cm³/mol. The summed E-state index contributed by atoms with van der Waals surface area (Å²) in [5.41, 5.74) is 5.66. The fourth-order valence-electron chi connectivity index (χ4n) is 4.43. The van der Waals surface area contributed by atoms with Crippen LogP contribution >= 0.6 is 0 Å². The second-order valence-electron chi connectivity index (χ2n) is 7.46. The third-order valence-corrected chi connectivity index (χ3v) is 5.76. The highest BCUT2D eigenvalue weighted by Crippen LogP contribution is 2.39. The molecule has 144 valence electrons. The van der Waals surface area contributed by atoms with Gasteiger partial charge < -0.3 is 18.8 Å². The van der Waals surface area contributed by atoms with Gasteiger partial charge in [0.15, 0.2) is 6.73 Å². The van der Waals surface area contributed by atoms with Crippen molar-refractivity contribution in [3.8, 4) is 11.5 Å². The molecule has 1 aromatic heterocycles. The number of aryl methyl sites for hydroxylation is 2. The Labute approximate surface area is 163 Å². The monoisotopic (exact) mass is 377 g/mol. The molecule has 28 heavy (non-hydrogen) atoms. The fraction of sp³-hybridized carbons (Fsp3) is 0.348. The lowest BCUT2D eigenvalue weighted by Crippen LogP contribution is -2.32. The van der Waals surface area contributed by atoms with Crippen molar-refractivity contribution in [1.82, 2.24) is 0 Å². The van der Waals surface area contributed by atoms with E-state index in [1.54, 1.807) is 0 Å². The molecule has 0 amide bonds. The van der Waals surface area contributed by atoms with Gasteiger partial charge in [0.2, 0.25) is 0 Å². The molecule has 5 heteroatoms. The third kappa shape index (κ3) is 2.65. The lowest BCUT2D eigenvalue weighted by Gasteiger charge is -2.32. The topological polar surface area (TPSA) is 51.9 Å². The Morgan fingerprint density at radius 2 is 1.93 bits per heavy atom. The summed E-state index contributed by atoms with van der Waals surface area (Å²) in [7, 11) is 0. The molecule has 0 atom stereocenters. The van der Waals surface area contributed by atoms with Gasteiger partial charge in [0, 0.05) is 34.3 Å². The maximum Gasteiger partial charge on any atom is 0.339 e. The number of nitrogens with zero attached hydrogens (tertiary/aromatic N) is 1. The van der Waals surface area contributed by atoms with Crippen LogP contribution in [0.4, 0.5) is 5.69 Å². The van der Waals surface area contributed by atoms with Crippen LogP contribution < -0.4 is 20.0 Å². The number of anilines is 1. The van der Waals surface area contributed by atoms with Crippen LogP contribution in [-0.2, 0) is 19.4 Å². The lowest BCUT2D eigenvalue weighted by molar-refractivity contribution is 0.287. The average molecular weight is 377 g/mol. The van der Waals surface area contributed by atoms with E-state index in [-0.39, 0.29) is 5.63 Å². The Kier molecular flexibility index (Phi) is 4.04. The Hall–Kier alpha value is -2.95. The Morgan fingerprint density at radius 3 is 2.71 bits per heavy atom.